The highest BCUT2D eigenvalue weighted by atomic mass is 16.5. The smallest absolute Gasteiger partial charge is 0.342 e. The molecule has 1 aromatic rings. The van der Waals surface area contributed by atoms with Crippen LogP contribution >= 0.6 is 0 Å². The van der Waals surface area contributed by atoms with Crippen molar-refractivity contribution >= 4 is 17.7 Å². The van der Waals surface area contributed by atoms with E-state index in [-0.39, 0.29) is 22.6 Å². The standard InChI is InChI=1S/C11H12O6/c1-5(12)9-8(11(14)16-4)7(6(2)17-9)10(13)15-3/h1-4H3. The molecule has 1 rings (SSSR count). The molecule has 0 aromatic carbocycles. The van der Waals surface area contributed by atoms with Crippen molar-refractivity contribution in [3.63, 3.8) is 0 Å². The van der Waals surface area contributed by atoms with Crippen molar-refractivity contribution in [2.75, 3.05) is 14.2 Å². The Hall–Kier alpha value is -2.11. The number of ketones is 1. The minimum Gasteiger partial charge on any atom is -0.465 e. The van der Waals surface area contributed by atoms with Crippen LogP contribution < -0.4 is 0 Å². The summed E-state index contributed by atoms with van der Waals surface area (Å²) in [6, 6.07) is 0. The SMILES string of the molecule is COC(=O)c1c(C)oc(C(C)=O)c1C(=O)OC. The number of hydrogen-bond donors (Lipinski definition) is 0. The van der Waals surface area contributed by atoms with Gasteiger partial charge in [-0.1, -0.05) is 0 Å². The second-order valence-electron chi connectivity index (χ2n) is 3.28. The number of carbonyl (C=O) groups is 3. The molecule has 0 bridgehead atoms. The van der Waals surface area contributed by atoms with Crippen LogP contribution in [0.25, 0.3) is 0 Å². The minimum atomic E-state index is -0.813. The van der Waals surface area contributed by atoms with Crippen molar-refractivity contribution in [3.05, 3.63) is 22.6 Å². The average molecular weight is 240 g/mol. The lowest BCUT2D eigenvalue weighted by Crippen LogP contribution is -2.13. The van der Waals surface area contributed by atoms with E-state index in [0.29, 0.717) is 0 Å². The molecule has 0 atom stereocenters. The van der Waals surface area contributed by atoms with Gasteiger partial charge in [-0.25, -0.2) is 9.59 Å². The Morgan fingerprint density at radius 2 is 1.47 bits per heavy atom. The van der Waals surface area contributed by atoms with E-state index in [4.69, 9.17) is 4.42 Å². The number of aryl methyl sites for hydroxylation is 1. The van der Waals surface area contributed by atoms with E-state index in [9.17, 15) is 14.4 Å². The maximum absolute atomic E-state index is 11.6. The van der Waals surface area contributed by atoms with Gasteiger partial charge in [0.1, 0.15) is 16.9 Å². The number of rotatable bonds is 3. The lowest BCUT2D eigenvalue weighted by molar-refractivity contribution is 0.0554. The second kappa shape index (κ2) is 4.82. The Kier molecular flexibility index (Phi) is 3.67. The van der Waals surface area contributed by atoms with Crippen molar-refractivity contribution in [2.45, 2.75) is 13.8 Å². The van der Waals surface area contributed by atoms with Crippen LogP contribution in [0.3, 0.4) is 0 Å². The third-order valence-electron chi connectivity index (χ3n) is 2.18. The highest BCUT2D eigenvalue weighted by molar-refractivity contribution is 6.11. The highest BCUT2D eigenvalue weighted by Crippen LogP contribution is 2.24. The molecule has 0 amide bonds. The minimum absolute atomic E-state index is 0.0791. The molecular formula is C11H12O6. The summed E-state index contributed by atoms with van der Waals surface area (Å²) < 4.78 is 14.1. The van der Waals surface area contributed by atoms with Crippen molar-refractivity contribution in [2.24, 2.45) is 0 Å². The molecule has 92 valence electrons. The molecule has 0 saturated heterocycles. The van der Waals surface area contributed by atoms with E-state index in [1.807, 2.05) is 0 Å². The van der Waals surface area contributed by atoms with Gasteiger partial charge >= 0.3 is 11.9 Å². The monoisotopic (exact) mass is 240 g/mol. The number of Topliss-reactive ketones (excluding diaryl/α,β-unsaturated/α-hetero) is 1. The van der Waals surface area contributed by atoms with E-state index < -0.39 is 17.7 Å². The first-order valence-corrected chi connectivity index (χ1v) is 4.75. The summed E-state index contributed by atoms with van der Waals surface area (Å²) in [6.07, 6.45) is 0. The summed E-state index contributed by atoms with van der Waals surface area (Å²) in [7, 11) is 2.32. The third kappa shape index (κ3) is 2.20. The molecule has 0 unspecified atom stereocenters. The van der Waals surface area contributed by atoms with Crippen molar-refractivity contribution in [1.29, 1.82) is 0 Å². The Labute approximate surface area is 97.5 Å². The maximum Gasteiger partial charge on any atom is 0.342 e. The lowest BCUT2D eigenvalue weighted by atomic mass is 10.1. The first kappa shape index (κ1) is 13.0. The molecule has 6 nitrogen and oxygen atoms in total. The Morgan fingerprint density at radius 1 is 1.00 bits per heavy atom. The summed E-state index contributed by atoms with van der Waals surface area (Å²) in [5, 5.41) is 0. The zero-order chi connectivity index (χ0) is 13.2. The molecule has 0 spiro atoms. The maximum atomic E-state index is 11.6. The number of esters is 2. The quantitative estimate of drug-likeness (QED) is 0.586. The number of furan rings is 1. The molecule has 6 heteroatoms. The largest absolute Gasteiger partial charge is 0.465 e. The lowest BCUT2D eigenvalue weighted by Gasteiger charge is -2.01. The van der Waals surface area contributed by atoms with Crippen molar-refractivity contribution < 1.29 is 28.3 Å². The fourth-order valence-corrected chi connectivity index (χ4v) is 1.44. The van der Waals surface area contributed by atoms with Crippen molar-refractivity contribution in [3.8, 4) is 0 Å². The molecular weight excluding hydrogens is 228 g/mol. The average Bonchev–Trinajstić information content (AvgIpc) is 2.65. The van der Waals surface area contributed by atoms with E-state index in [1.165, 1.54) is 21.0 Å². The fraction of sp³-hybridized carbons (Fsp3) is 0.364. The van der Waals surface area contributed by atoms with Gasteiger partial charge in [0.25, 0.3) is 0 Å². The highest BCUT2D eigenvalue weighted by Gasteiger charge is 2.31. The molecule has 0 aliphatic rings. The molecule has 1 heterocycles. The summed E-state index contributed by atoms with van der Waals surface area (Å²) in [4.78, 5) is 34.4. The summed E-state index contributed by atoms with van der Waals surface area (Å²) in [5.74, 6) is -2.09. The van der Waals surface area contributed by atoms with Crippen LogP contribution in [0.4, 0.5) is 0 Å². The van der Waals surface area contributed by atoms with Crippen LogP contribution in [0.2, 0.25) is 0 Å². The Morgan fingerprint density at radius 3 is 1.88 bits per heavy atom. The van der Waals surface area contributed by atoms with Crippen LogP contribution in [-0.4, -0.2) is 31.9 Å². The van der Waals surface area contributed by atoms with Crippen LogP contribution in [0.15, 0.2) is 4.42 Å². The third-order valence-corrected chi connectivity index (χ3v) is 2.18. The zero-order valence-electron chi connectivity index (χ0n) is 9.95. The van der Waals surface area contributed by atoms with Gasteiger partial charge in [0, 0.05) is 6.92 Å². The van der Waals surface area contributed by atoms with Gasteiger partial charge < -0.3 is 13.9 Å². The van der Waals surface area contributed by atoms with Gasteiger partial charge in [-0.2, -0.15) is 0 Å². The number of ether oxygens (including phenoxy) is 2. The number of methoxy groups -OCH3 is 2. The van der Waals surface area contributed by atoms with Crippen molar-refractivity contribution in [1.82, 2.24) is 0 Å². The fourth-order valence-electron chi connectivity index (χ4n) is 1.44. The Bertz CT molecular complexity index is 482. The van der Waals surface area contributed by atoms with Crippen LogP contribution in [0, 0.1) is 6.92 Å². The van der Waals surface area contributed by atoms with Gasteiger partial charge in [-0.05, 0) is 6.92 Å². The second-order valence-corrected chi connectivity index (χ2v) is 3.28. The molecule has 1 aromatic heterocycles. The molecule has 17 heavy (non-hydrogen) atoms. The molecule has 0 aliphatic heterocycles. The Balaban J connectivity index is 3.53. The van der Waals surface area contributed by atoms with E-state index in [1.54, 1.807) is 0 Å². The van der Waals surface area contributed by atoms with Crippen LogP contribution in [0.5, 0.6) is 0 Å². The first-order valence-electron chi connectivity index (χ1n) is 4.75. The summed E-state index contributed by atoms with van der Waals surface area (Å²) in [6.45, 7) is 2.69. The van der Waals surface area contributed by atoms with E-state index in [2.05, 4.69) is 9.47 Å². The molecule has 0 N–H and O–H groups in total. The molecule has 0 saturated carbocycles. The normalized spacial score (nSPS) is 9.88. The van der Waals surface area contributed by atoms with Crippen LogP contribution in [0.1, 0.15) is 44.0 Å². The molecule has 0 fully saturated rings. The topological polar surface area (TPSA) is 82.8 Å². The molecule has 0 radical (unpaired) electrons. The summed E-state index contributed by atoms with van der Waals surface area (Å²) >= 11 is 0. The predicted octanol–water partition coefficient (Wildman–Crippen LogP) is 1.36. The zero-order valence-corrected chi connectivity index (χ0v) is 9.95. The molecule has 0 aliphatic carbocycles. The predicted molar refractivity (Wildman–Crippen MR) is 56.1 cm³/mol. The summed E-state index contributed by atoms with van der Waals surface area (Å²) in [5.41, 5.74) is -0.270. The van der Waals surface area contributed by atoms with E-state index in [0.717, 1.165) is 7.11 Å². The van der Waals surface area contributed by atoms with Gasteiger partial charge in [-0.15, -0.1) is 0 Å². The number of carbonyl (C=O) groups excluding carboxylic acids is 3. The van der Waals surface area contributed by atoms with Crippen LogP contribution in [-0.2, 0) is 9.47 Å². The van der Waals surface area contributed by atoms with Gasteiger partial charge in [0.2, 0.25) is 0 Å². The van der Waals surface area contributed by atoms with Gasteiger partial charge in [0.15, 0.2) is 11.5 Å². The van der Waals surface area contributed by atoms with Gasteiger partial charge in [0.05, 0.1) is 14.2 Å². The number of hydrogen-bond acceptors (Lipinski definition) is 6. The van der Waals surface area contributed by atoms with E-state index >= 15 is 0 Å². The first-order chi connectivity index (χ1) is 7.93. The van der Waals surface area contributed by atoms with Gasteiger partial charge in [-0.3, -0.25) is 4.79 Å².